The molecule has 0 amide bonds. The second kappa shape index (κ2) is 6.31. The Labute approximate surface area is 106 Å². The van der Waals surface area contributed by atoms with Crippen molar-refractivity contribution in [2.45, 2.75) is 37.5 Å². The number of hydrogen-bond donors (Lipinski definition) is 1. The van der Waals surface area contributed by atoms with Crippen molar-refractivity contribution in [3.8, 4) is 0 Å². The van der Waals surface area contributed by atoms with Crippen LogP contribution in [0.4, 0.5) is 0 Å². The van der Waals surface area contributed by atoms with Gasteiger partial charge in [0.25, 0.3) is 0 Å². The Morgan fingerprint density at radius 2 is 2.00 bits per heavy atom. The lowest BCUT2D eigenvalue weighted by atomic mass is 10.0. The Kier molecular flexibility index (Phi) is 4.75. The number of benzene rings is 1. The van der Waals surface area contributed by atoms with Crippen molar-refractivity contribution >= 4 is 10.8 Å². The molecular weight excluding hydrogens is 230 g/mol. The predicted octanol–water partition coefficient (Wildman–Crippen LogP) is 2.45. The molecule has 17 heavy (non-hydrogen) atoms. The van der Waals surface area contributed by atoms with E-state index in [4.69, 9.17) is 5.73 Å². The van der Waals surface area contributed by atoms with Gasteiger partial charge in [-0.2, -0.15) is 0 Å². The maximum atomic E-state index is 11.9. The summed E-state index contributed by atoms with van der Waals surface area (Å²) in [7, 11) is -0.738. The van der Waals surface area contributed by atoms with Gasteiger partial charge in [-0.1, -0.05) is 36.8 Å². The lowest BCUT2D eigenvalue weighted by Crippen LogP contribution is -2.25. The van der Waals surface area contributed by atoms with Crippen molar-refractivity contribution in [2.24, 2.45) is 11.7 Å². The molecule has 0 aliphatic heterocycles. The fourth-order valence-corrected chi connectivity index (χ4v) is 3.81. The smallest absolute Gasteiger partial charge is 0.0485 e. The molecule has 0 heterocycles. The molecular formula is C14H21NOS. The molecule has 2 rings (SSSR count). The maximum absolute atomic E-state index is 11.9. The highest BCUT2D eigenvalue weighted by Gasteiger charge is 2.23. The molecule has 0 saturated heterocycles. The van der Waals surface area contributed by atoms with Gasteiger partial charge in [0.05, 0.1) is 0 Å². The van der Waals surface area contributed by atoms with Crippen LogP contribution in [0.25, 0.3) is 0 Å². The summed E-state index contributed by atoms with van der Waals surface area (Å²) in [6.07, 6.45) is 4.65. The molecule has 0 bridgehead atoms. The molecule has 0 spiro atoms. The van der Waals surface area contributed by atoms with E-state index >= 15 is 0 Å². The van der Waals surface area contributed by atoms with Gasteiger partial charge in [0.15, 0.2) is 0 Å². The van der Waals surface area contributed by atoms with Crippen LogP contribution in [0.5, 0.6) is 0 Å². The predicted molar refractivity (Wildman–Crippen MR) is 73.1 cm³/mol. The molecule has 3 atom stereocenters. The summed E-state index contributed by atoms with van der Waals surface area (Å²) in [6, 6.07) is 10.4. The Hall–Kier alpha value is -0.670. The minimum absolute atomic E-state index is 0.351. The highest BCUT2D eigenvalue weighted by molar-refractivity contribution is 7.84. The summed E-state index contributed by atoms with van der Waals surface area (Å²) in [5.74, 6) is 2.09. The highest BCUT2D eigenvalue weighted by atomic mass is 32.2. The molecule has 1 fully saturated rings. The zero-order valence-electron chi connectivity index (χ0n) is 10.2. The van der Waals surface area contributed by atoms with E-state index in [9.17, 15) is 4.21 Å². The van der Waals surface area contributed by atoms with Crippen LogP contribution in [0.15, 0.2) is 30.3 Å². The lowest BCUT2D eigenvalue weighted by molar-refractivity contribution is 0.468. The summed E-state index contributed by atoms with van der Waals surface area (Å²) in [5, 5.41) is 0. The Bertz CT molecular complexity index is 366. The fraction of sp³-hybridized carbons (Fsp3) is 0.571. The Balaban J connectivity index is 1.74. The molecule has 1 aliphatic rings. The number of nitrogens with two attached hydrogens (primary N) is 1. The first-order valence-electron chi connectivity index (χ1n) is 6.40. The third kappa shape index (κ3) is 3.93. The van der Waals surface area contributed by atoms with Gasteiger partial charge in [0, 0.05) is 28.3 Å². The van der Waals surface area contributed by atoms with Crippen LogP contribution in [0.1, 0.15) is 31.2 Å². The van der Waals surface area contributed by atoms with Gasteiger partial charge in [-0.3, -0.25) is 4.21 Å². The van der Waals surface area contributed by atoms with Gasteiger partial charge in [0.1, 0.15) is 0 Å². The van der Waals surface area contributed by atoms with E-state index in [-0.39, 0.29) is 0 Å². The van der Waals surface area contributed by atoms with Gasteiger partial charge in [-0.15, -0.1) is 0 Å². The Morgan fingerprint density at radius 1 is 1.24 bits per heavy atom. The first-order chi connectivity index (χ1) is 8.25. The minimum Gasteiger partial charge on any atom is -0.327 e. The van der Waals surface area contributed by atoms with Crippen molar-refractivity contribution in [3.05, 3.63) is 35.9 Å². The second-order valence-corrected chi connectivity index (χ2v) is 6.49. The molecule has 94 valence electrons. The quantitative estimate of drug-likeness (QED) is 0.873. The Morgan fingerprint density at radius 3 is 2.65 bits per heavy atom. The van der Waals surface area contributed by atoms with Crippen molar-refractivity contribution in [1.29, 1.82) is 0 Å². The van der Waals surface area contributed by atoms with Crippen molar-refractivity contribution < 1.29 is 4.21 Å². The monoisotopic (exact) mass is 251 g/mol. The van der Waals surface area contributed by atoms with Crippen LogP contribution in [0, 0.1) is 5.92 Å². The van der Waals surface area contributed by atoms with Crippen molar-refractivity contribution in [2.75, 3.05) is 5.75 Å². The van der Waals surface area contributed by atoms with Crippen molar-refractivity contribution in [1.82, 2.24) is 0 Å². The van der Waals surface area contributed by atoms with Gasteiger partial charge < -0.3 is 5.73 Å². The third-order valence-corrected chi connectivity index (χ3v) is 4.95. The zero-order valence-corrected chi connectivity index (χ0v) is 11.0. The molecule has 2 nitrogen and oxygen atoms in total. The molecule has 0 aromatic heterocycles. The van der Waals surface area contributed by atoms with Crippen molar-refractivity contribution in [3.63, 3.8) is 0 Å². The lowest BCUT2D eigenvalue weighted by Gasteiger charge is -2.14. The van der Waals surface area contributed by atoms with Crippen LogP contribution in [0.2, 0.25) is 0 Å². The van der Waals surface area contributed by atoms with Gasteiger partial charge in [-0.05, 0) is 30.7 Å². The van der Waals surface area contributed by atoms with E-state index in [0.717, 1.165) is 18.6 Å². The summed E-state index contributed by atoms with van der Waals surface area (Å²) in [5.41, 5.74) is 7.19. The van der Waals surface area contributed by atoms with Gasteiger partial charge >= 0.3 is 0 Å². The first kappa shape index (κ1) is 12.8. The maximum Gasteiger partial charge on any atom is 0.0485 e. The van der Waals surface area contributed by atoms with E-state index in [1.165, 1.54) is 18.4 Å². The van der Waals surface area contributed by atoms with Crippen LogP contribution < -0.4 is 5.73 Å². The SMILES string of the molecule is NC1CCCC1CCS(=O)Cc1ccccc1. The molecule has 1 saturated carbocycles. The van der Waals surface area contributed by atoms with Crippen LogP contribution in [-0.4, -0.2) is 16.0 Å². The molecule has 1 aromatic carbocycles. The van der Waals surface area contributed by atoms with E-state index < -0.39 is 10.8 Å². The summed E-state index contributed by atoms with van der Waals surface area (Å²) in [6.45, 7) is 0. The largest absolute Gasteiger partial charge is 0.327 e. The topological polar surface area (TPSA) is 43.1 Å². The third-order valence-electron chi connectivity index (χ3n) is 3.60. The molecule has 1 aliphatic carbocycles. The number of rotatable bonds is 5. The van der Waals surface area contributed by atoms with Crippen LogP contribution in [0.3, 0.4) is 0 Å². The molecule has 1 aromatic rings. The van der Waals surface area contributed by atoms with E-state index in [2.05, 4.69) is 0 Å². The summed E-state index contributed by atoms with van der Waals surface area (Å²) < 4.78 is 11.9. The fourth-order valence-electron chi connectivity index (χ4n) is 2.54. The van der Waals surface area contributed by atoms with Gasteiger partial charge in [-0.25, -0.2) is 0 Å². The second-order valence-electron chi connectivity index (χ2n) is 4.92. The molecule has 3 unspecified atom stereocenters. The van der Waals surface area contributed by atoms with Crippen LogP contribution >= 0.6 is 0 Å². The highest BCUT2D eigenvalue weighted by Crippen LogP contribution is 2.27. The van der Waals surface area contributed by atoms with E-state index in [0.29, 0.717) is 17.7 Å². The first-order valence-corrected chi connectivity index (χ1v) is 7.89. The van der Waals surface area contributed by atoms with E-state index in [1.54, 1.807) is 0 Å². The van der Waals surface area contributed by atoms with E-state index in [1.807, 2.05) is 30.3 Å². The number of hydrogen-bond acceptors (Lipinski definition) is 2. The normalized spacial score (nSPS) is 25.9. The molecule has 0 radical (unpaired) electrons. The van der Waals surface area contributed by atoms with Gasteiger partial charge in [0.2, 0.25) is 0 Å². The zero-order chi connectivity index (χ0) is 12.1. The standard InChI is InChI=1S/C14H21NOS/c15-14-8-4-7-13(14)9-10-17(16)11-12-5-2-1-3-6-12/h1-3,5-6,13-14H,4,7-11,15H2. The summed E-state index contributed by atoms with van der Waals surface area (Å²) >= 11 is 0. The molecule has 3 heteroatoms. The molecule has 2 N–H and O–H groups in total. The van der Waals surface area contributed by atoms with Crippen LogP contribution in [-0.2, 0) is 16.6 Å². The minimum atomic E-state index is -0.738. The average Bonchev–Trinajstić information content (AvgIpc) is 2.74. The average molecular weight is 251 g/mol. The summed E-state index contributed by atoms with van der Waals surface area (Å²) in [4.78, 5) is 0.